The Morgan fingerprint density at radius 1 is 1.35 bits per heavy atom. The van der Waals surface area contributed by atoms with E-state index in [0.29, 0.717) is 12.3 Å². The Labute approximate surface area is 120 Å². The molecule has 0 spiro atoms. The molecule has 0 fully saturated rings. The van der Waals surface area contributed by atoms with Gasteiger partial charge in [-0.25, -0.2) is 0 Å². The highest BCUT2D eigenvalue weighted by atomic mass is 16.5. The van der Waals surface area contributed by atoms with E-state index < -0.39 is 5.41 Å². The summed E-state index contributed by atoms with van der Waals surface area (Å²) < 4.78 is 10.5. The van der Waals surface area contributed by atoms with Gasteiger partial charge in [0, 0.05) is 12.1 Å². The van der Waals surface area contributed by atoms with Crippen molar-refractivity contribution < 1.29 is 14.3 Å². The Morgan fingerprint density at radius 3 is 2.50 bits per heavy atom. The minimum Gasteiger partial charge on any atom is -0.497 e. The van der Waals surface area contributed by atoms with Crippen molar-refractivity contribution in [2.75, 3.05) is 20.8 Å². The molecule has 1 aromatic rings. The highest BCUT2D eigenvalue weighted by molar-refractivity contribution is 5.82. The van der Waals surface area contributed by atoms with Gasteiger partial charge in [0.2, 0.25) is 5.91 Å². The van der Waals surface area contributed by atoms with Crippen molar-refractivity contribution in [1.29, 1.82) is 0 Å². The molecule has 20 heavy (non-hydrogen) atoms. The van der Waals surface area contributed by atoms with Crippen molar-refractivity contribution >= 4 is 5.91 Å². The molecule has 5 heteroatoms. The van der Waals surface area contributed by atoms with E-state index in [1.165, 1.54) is 0 Å². The molecule has 112 valence electrons. The van der Waals surface area contributed by atoms with Gasteiger partial charge in [-0.15, -0.1) is 0 Å². The quantitative estimate of drug-likeness (QED) is 0.834. The number of carbonyl (C=O) groups is 1. The summed E-state index contributed by atoms with van der Waals surface area (Å²) in [4.78, 5) is 12.2. The summed E-state index contributed by atoms with van der Waals surface area (Å²) in [6, 6.07) is 5.31. The fourth-order valence-electron chi connectivity index (χ4n) is 1.74. The lowest BCUT2D eigenvalue weighted by molar-refractivity contribution is -0.129. The lowest BCUT2D eigenvalue weighted by atomic mass is 9.92. The maximum Gasteiger partial charge on any atom is 0.227 e. The first-order chi connectivity index (χ1) is 9.35. The Morgan fingerprint density at radius 2 is 2.00 bits per heavy atom. The summed E-state index contributed by atoms with van der Waals surface area (Å²) in [6.45, 7) is 5.83. The molecule has 1 unspecified atom stereocenters. The maximum atomic E-state index is 12.2. The SMILES string of the molecule is COc1ccc(OC)c(C(C)NC(=O)C(C)(C)CN)c1. The molecular formula is C15H24N2O3. The van der Waals surface area contributed by atoms with Gasteiger partial charge in [0.25, 0.3) is 0 Å². The molecule has 1 atom stereocenters. The number of benzene rings is 1. The zero-order chi connectivity index (χ0) is 15.3. The predicted octanol–water partition coefficient (Wildman–Crippen LogP) is 1.87. The summed E-state index contributed by atoms with van der Waals surface area (Å²) >= 11 is 0. The van der Waals surface area contributed by atoms with E-state index in [4.69, 9.17) is 15.2 Å². The second-order valence-electron chi connectivity index (χ2n) is 5.39. The molecule has 0 aromatic heterocycles. The molecule has 0 aliphatic rings. The van der Waals surface area contributed by atoms with E-state index in [0.717, 1.165) is 11.3 Å². The highest BCUT2D eigenvalue weighted by Gasteiger charge is 2.27. The van der Waals surface area contributed by atoms with Gasteiger partial charge in [-0.2, -0.15) is 0 Å². The van der Waals surface area contributed by atoms with Crippen LogP contribution >= 0.6 is 0 Å². The van der Waals surface area contributed by atoms with Crippen molar-refractivity contribution in [3.05, 3.63) is 23.8 Å². The van der Waals surface area contributed by atoms with Crippen molar-refractivity contribution in [2.45, 2.75) is 26.8 Å². The van der Waals surface area contributed by atoms with E-state index in [2.05, 4.69) is 5.32 Å². The average molecular weight is 280 g/mol. The fraction of sp³-hybridized carbons (Fsp3) is 0.533. The molecule has 0 radical (unpaired) electrons. The molecule has 0 heterocycles. The average Bonchev–Trinajstić information content (AvgIpc) is 2.46. The van der Waals surface area contributed by atoms with Gasteiger partial charge >= 0.3 is 0 Å². The van der Waals surface area contributed by atoms with Gasteiger partial charge in [-0.1, -0.05) is 0 Å². The summed E-state index contributed by atoms with van der Waals surface area (Å²) in [5.74, 6) is 1.35. The van der Waals surface area contributed by atoms with E-state index in [1.807, 2.05) is 39.0 Å². The summed E-state index contributed by atoms with van der Waals surface area (Å²) in [5.41, 5.74) is 5.89. The minimum absolute atomic E-state index is 0.0858. The van der Waals surface area contributed by atoms with Crippen LogP contribution in [-0.4, -0.2) is 26.7 Å². The first kappa shape index (κ1) is 16.3. The molecule has 0 bridgehead atoms. The normalized spacial score (nSPS) is 12.7. The number of ether oxygens (including phenoxy) is 2. The molecular weight excluding hydrogens is 256 g/mol. The van der Waals surface area contributed by atoms with E-state index >= 15 is 0 Å². The smallest absolute Gasteiger partial charge is 0.227 e. The van der Waals surface area contributed by atoms with Gasteiger partial charge in [-0.05, 0) is 39.0 Å². The van der Waals surface area contributed by atoms with Crippen LogP contribution < -0.4 is 20.5 Å². The first-order valence-corrected chi connectivity index (χ1v) is 6.58. The van der Waals surface area contributed by atoms with Crippen molar-refractivity contribution in [2.24, 2.45) is 11.1 Å². The summed E-state index contributed by atoms with van der Waals surface area (Å²) in [5, 5.41) is 2.96. The zero-order valence-electron chi connectivity index (χ0n) is 12.8. The van der Waals surface area contributed by atoms with Crippen LogP contribution in [0.25, 0.3) is 0 Å². The van der Waals surface area contributed by atoms with E-state index in [9.17, 15) is 4.79 Å². The van der Waals surface area contributed by atoms with Gasteiger partial charge in [0.05, 0.1) is 25.7 Å². The maximum absolute atomic E-state index is 12.2. The number of hydrogen-bond donors (Lipinski definition) is 2. The molecule has 1 rings (SSSR count). The third-order valence-electron chi connectivity index (χ3n) is 3.38. The van der Waals surface area contributed by atoms with E-state index in [-0.39, 0.29) is 11.9 Å². The number of carbonyl (C=O) groups excluding carboxylic acids is 1. The van der Waals surface area contributed by atoms with Crippen LogP contribution in [0.3, 0.4) is 0 Å². The Kier molecular flexibility index (Phi) is 5.39. The molecule has 1 amide bonds. The second-order valence-corrected chi connectivity index (χ2v) is 5.39. The molecule has 0 aliphatic heterocycles. The number of amides is 1. The number of hydrogen-bond acceptors (Lipinski definition) is 4. The van der Waals surface area contributed by atoms with Gasteiger partial charge in [0.1, 0.15) is 11.5 Å². The number of methoxy groups -OCH3 is 2. The topological polar surface area (TPSA) is 73.6 Å². The first-order valence-electron chi connectivity index (χ1n) is 6.58. The monoisotopic (exact) mass is 280 g/mol. The molecule has 5 nitrogen and oxygen atoms in total. The van der Waals surface area contributed by atoms with Crippen LogP contribution in [0.1, 0.15) is 32.4 Å². The van der Waals surface area contributed by atoms with Crippen LogP contribution in [0.15, 0.2) is 18.2 Å². The van der Waals surface area contributed by atoms with Crippen LogP contribution in [0.2, 0.25) is 0 Å². The van der Waals surface area contributed by atoms with Crippen molar-refractivity contribution in [3.63, 3.8) is 0 Å². The lowest BCUT2D eigenvalue weighted by Crippen LogP contribution is -2.42. The minimum atomic E-state index is -0.597. The fourth-order valence-corrected chi connectivity index (χ4v) is 1.74. The number of nitrogens with one attached hydrogen (secondary N) is 1. The molecule has 0 aliphatic carbocycles. The Hall–Kier alpha value is -1.75. The Bertz CT molecular complexity index is 472. The molecule has 0 saturated carbocycles. The van der Waals surface area contributed by atoms with E-state index in [1.54, 1.807) is 14.2 Å². The predicted molar refractivity (Wildman–Crippen MR) is 78.9 cm³/mol. The number of rotatable bonds is 6. The summed E-state index contributed by atoms with van der Waals surface area (Å²) in [7, 11) is 3.20. The lowest BCUT2D eigenvalue weighted by Gasteiger charge is -2.25. The van der Waals surface area contributed by atoms with Gasteiger partial charge < -0.3 is 20.5 Å². The van der Waals surface area contributed by atoms with Crippen LogP contribution in [0.4, 0.5) is 0 Å². The highest BCUT2D eigenvalue weighted by Crippen LogP contribution is 2.29. The standard InChI is InChI=1S/C15H24N2O3/c1-10(17-14(18)15(2,3)9-16)12-8-11(19-4)6-7-13(12)20-5/h6-8,10H,9,16H2,1-5H3,(H,17,18). The molecule has 0 saturated heterocycles. The Balaban J connectivity index is 2.96. The van der Waals surface area contributed by atoms with Gasteiger partial charge in [0.15, 0.2) is 0 Å². The zero-order valence-corrected chi connectivity index (χ0v) is 12.8. The van der Waals surface area contributed by atoms with Crippen molar-refractivity contribution in [3.8, 4) is 11.5 Å². The van der Waals surface area contributed by atoms with Crippen LogP contribution in [0, 0.1) is 5.41 Å². The van der Waals surface area contributed by atoms with Gasteiger partial charge in [-0.3, -0.25) is 4.79 Å². The summed E-state index contributed by atoms with van der Waals surface area (Å²) in [6.07, 6.45) is 0. The van der Waals surface area contributed by atoms with Crippen molar-refractivity contribution in [1.82, 2.24) is 5.32 Å². The van der Waals surface area contributed by atoms with Crippen LogP contribution in [0.5, 0.6) is 11.5 Å². The second kappa shape index (κ2) is 6.61. The third-order valence-corrected chi connectivity index (χ3v) is 3.38. The van der Waals surface area contributed by atoms with Crippen LogP contribution in [-0.2, 0) is 4.79 Å². The third kappa shape index (κ3) is 3.63. The molecule has 1 aromatic carbocycles. The number of nitrogens with two attached hydrogens (primary N) is 1. The molecule has 3 N–H and O–H groups in total. The largest absolute Gasteiger partial charge is 0.497 e.